The van der Waals surface area contributed by atoms with Crippen LogP contribution >= 0.6 is 0 Å². The van der Waals surface area contributed by atoms with Crippen molar-refractivity contribution < 1.29 is 19.2 Å². The Morgan fingerprint density at radius 1 is 1.27 bits per heavy atom. The highest BCUT2D eigenvalue weighted by Gasteiger charge is 2.23. The molecule has 134 valence electrons. The highest BCUT2D eigenvalue weighted by molar-refractivity contribution is 5.96. The van der Waals surface area contributed by atoms with Gasteiger partial charge in [-0.15, -0.1) is 0 Å². The lowest BCUT2D eigenvalue weighted by Gasteiger charge is -2.13. The van der Waals surface area contributed by atoms with Crippen molar-refractivity contribution in [2.45, 2.75) is 19.3 Å². The molecule has 0 amide bonds. The summed E-state index contributed by atoms with van der Waals surface area (Å²) >= 11 is 0. The van der Waals surface area contributed by atoms with Crippen LogP contribution in [0.2, 0.25) is 0 Å². The topological polar surface area (TPSA) is 139 Å². The fourth-order valence-electron chi connectivity index (χ4n) is 2.46. The molecule has 1 aromatic heterocycles. The third kappa shape index (κ3) is 3.27. The molecule has 0 atom stereocenters. The maximum absolute atomic E-state index is 12.5. The minimum Gasteiger partial charge on any atom is -0.427 e. The van der Waals surface area contributed by atoms with Gasteiger partial charge >= 0.3 is 11.7 Å². The molecule has 0 saturated carbocycles. The third-order valence-electron chi connectivity index (χ3n) is 3.75. The van der Waals surface area contributed by atoms with E-state index in [1.54, 1.807) is 0 Å². The van der Waals surface area contributed by atoms with Crippen LogP contribution in [0.5, 0.6) is 0 Å². The molecule has 2 aromatic rings. The van der Waals surface area contributed by atoms with Crippen molar-refractivity contribution in [3.8, 4) is 5.69 Å². The van der Waals surface area contributed by atoms with E-state index in [1.165, 1.54) is 19.2 Å². The summed E-state index contributed by atoms with van der Waals surface area (Å²) in [5.74, 6) is -0.788. The lowest BCUT2D eigenvalue weighted by molar-refractivity contribution is -0.384. The number of nitrogens with zero attached hydrogens (tertiary/aromatic N) is 5. The smallest absolute Gasteiger partial charge is 0.368 e. The van der Waals surface area contributed by atoms with Crippen LogP contribution in [0.3, 0.4) is 0 Å². The zero-order valence-corrected chi connectivity index (χ0v) is 13.6. The Labute approximate surface area is 145 Å². The molecule has 1 aliphatic rings. The quantitative estimate of drug-likeness (QED) is 0.441. The summed E-state index contributed by atoms with van der Waals surface area (Å²) in [4.78, 5) is 46.4. The van der Waals surface area contributed by atoms with Crippen molar-refractivity contribution in [3.05, 3.63) is 56.2 Å². The molecule has 1 aromatic carbocycles. The standard InChI is InChI=1S/C15H13N5O6/c1-18-15(23)19(17-16-18)13-7-9(20(24)25)5-6-12(13)14(22)26-11-4-2-3-10(21)8-11/h5-8H,2-4H2,1H3. The molecular formula is C15H13N5O6. The van der Waals surface area contributed by atoms with E-state index >= 15 is 0 Å². The SMILES string of the molecule is Cn1nnn(-c2cc([N+](=O)[O-])ccc2C(=O)OC2=CC(=O)CCC2)c1=O. The van der Waals surface area contributed by atoms with E-state index in [-0.39, 0.29) is 28.5 Å². The Morgan fingerprint density at radius 3 is 2.65 bits per heavy atom. The molecule has 11 heteroatoms. The molecule has 1 heterocycles. The number of allylic oxidation sites excluding steroid dienone is 2. The van der Waals surface area contributed by atoms with E-state index < -0.39 is 16.6 Å². The number of ketones is 1. The van der Waals surface area contributed by atoms with Crippen molar-refractivity contribution in [2.24, 2.45) is 7.05 Å². The second-order valence-corrected chi connectivity index (χ2v) is 5.58. The number of aryl methyl sites for hydroxylation is 1. The van der Waals surface area contributed by atoms with Crippen molar-refractivity contribution in [1.82, 2.24) is 19.8 Å². The summed E-state index contributed by atoms with van der Waals surface area (Å²) in [7, 11) is 1.35. The van der Waals surface area contributed by atoms with E-state index in [1.807, 2.05) is 0 Å². The first-order valence-electron chi connectivity index (χ1n) is 7.60. The second kappa shape index (κ2) is 6.70. The number of hydrogen-bond donors (Lipinski definition) is 0. The number of hydrogen-bond acceptors (Lipinski definition) is 8. The van der Waals surface area contributed by atoms with Gasteiger partial charge < -0.3 is 4.74 Å². The molecule has 0 spiro atoms. The summed E-state index contributed by atoms with van der Waals surface area (Å²) in [5, 5.41) is 18.2. The van der Waals surface area contributed by atoms with Gasteiger partial charge in [0, 0.05) is 38.1 Å². The van der Waals surface area contributed by atoms with Gasteiger partial charge in [-0.2, -0.15) is 9.36 Å². The largest absolute Gasteiger partial charge is 0.427 e. The molecular weight excluding hydrogens is 346 g/mol. The van der Waals surface area contributed by atoms with Gasteiger partial charge in [0.05, 0.1) is 16.2 Å². The molecule has 0 bridgehead atoms. The first-order valence-corrected chi connectivity index (χ1v) is 7.60. The number of nitro benzene ring substituents is 1. The molecule has 0 unspecified atom stereocenters. The van der Waals surface area contributed by atoms with Crippen LogP contribution in [0, 0.1) is 10.1 Å². The average Bonchev–Trinajstić information content (AvgIpc) is 2.93. The molecule has 0 saturated heterocycles. The van der Waals surface area contributed by atoms with Gasteiger partial charge in [-0.1, -0.05) is 0 Å². The number of non-ortho nitro benzene ring substituents is 1. The van der Waals surface area contributed by atoms with E-state index in [9.17, 15) is 24.5 Å². The fourth-order valence-corrected chi connectivity index (χ4v) is 2.46. The third-order valence-corrected chi connectivity index (χ3v) is 3.75. The second-order valence-electron chi connectivity index (χ2n) is 5.58. The average molecular weight is 359 g/mol. The Bertz CT molecular complexity index is 1000. The van der Waals surface area contributed by atoms with Crippen LogP contribution < -0.4 is 5.69 Å². The molecule has 0 aliphatic heterocycles. The highest BCUT2D eigenvalue weighted by Crippen LogP contribution is 2.23. The lowest BCUT2D eigenvalue weighted by Crippen LogP contribution is -2.24. The van der Waals surface area contributed by atoms with E-state index in [0.717, 1.165) is 21.5 Å². The minimum absolute atomic E-state index is 0.114. The lowest BCUT2D eigenvalue weighted by atomic mass is 10.1. The normalized spacial score (nSPS) is 14.0. The number of ether oxygens (including phenoxy) is 1. The van der Waals surface area contributed by atoms with Crippen molar-refractivity contribution in [3.63, 3.8) is 0 Å². The summed E-state index contributed by atoms with van der Waals surface area (Å²) < 4.78 is 6.90. The van der Waals surface area contributed by atoms with Gasteiger partial charge in [0.1, 0.15) is 5.76 Å². The number of carbonyl (C=O) groups is 2. The van der Waals surface area contributed by atoms with E-state index in [2.05, 4.69) is 10.4 Å². The number of benzene rings is 1. The minimum atomic E-state index is -0.853. The van der Waals surface area contributed by atoms with Gasteiger partial charge in [0.15, 0.2) is 5.78 Å². The van der Waals surface area contributed by atoms with E-state index in [0.29, 0.717) is 19.3 Å². The summed E-state index contributed by atoms with van der Waals surface area (Å²) in [6.45, 7) is 0. The van der Waals surface area contributed by atoms with Crippen molar-refractivity contribution in [2.75, 3.05) is 0 Å². The molecule has 0 radical (unpaired) electrons. The predicted octanol–water partition coefficient (Wildman–Crippen LogP) is 0.668. The van der Waals surface area contributed by atoms with Crippen LogP contribution in [0.25, 0.3) is 5.69 Å². The number of esters is 1. The number of carbonyl (C=O) groups excluding carboxylic acids is 2. The van der Waals surface area contributed by atoms with Crippen LogP contribution in [0.15, 0.2) is 34.8 Å². The Hall–Kier alpha value is -3.63. The molecule has 3 rings (SSSR count). The van der Waals surface area contributed by atoms with Crippen LogP contribution in [-0.2, 0) is 16.6 Å². The fraction of sp³-hybridized carbons (Fsp3) is 0.267. The zero-order chi connectivity index (χ0) is 18.8. The Balaban J connectivity index is 2.04. The van der Waals surface area contributed by atoms with Crippen molar-refractivity contribution >= 4 is 17.4 Å². The van der Waals surface area contributed by atoms with Crippen LogP contribution in [0.4, 0.5) is 5.69 Å². The van der Waals surface area contributed by atoms with Gasteiger partial charge in [0.25, 0.3) is 5.69 Å². The summed E-state index contributed by atoms with van der Waals surface area (Å²) in [5.41, 5.74) is -1.27. The molecule has 26 heavy (non-hydrogen) atoms. The van der Waals surface area contributed by atoms with Gasteiger partial charge in [0.2, 0.25) is 0 Å². The maximum atomic E-state index is 12.5. The monoisotopic (exact) mass is 359 g/mol. The van der Waals surface area contributed by atoms with Crippen LogP contribution in [0.1, 0.15) is 29.6 Å². The van der Waals surface area contributed by atoms with Gasteiger partial charge in [-0.25, -0.2) is 9.59 Å². The number of aromatic nitrogens is 4. The Morgan fingerprint density at radius 2 is 2.04 bits per heavy atom. The first kappa shape index (κ1) is 17.2. The molecule has 0 N–H and O–H groups in total. The number of nitro groups is 1. The zero-order valence-electron chi connectivity index (χ0n) is 13.6. The van der Waals surface area contributed by atoms with E-state index in [4.69, 9.17) is 4.74 Å². The summed E-state index contributed by atoms with van der Waals surface area (Å²) in [6.07, 6.45) is 2.62. The number of rotatable bonds is 4. The van der Waals surface area contributed by atoms with Gasteiger partial charge in [-0.05, 0) is 22.9 Å². The summed E-state index contributed by atoms with van der Waals surface area (Å²) in [6, 6.07) is 3.32. The van der Waals surface area contributed by atoms with Gasteiger partial charge in [-0.3, -0.25) is 14.9 Å². The molecule has 0 fully saturated rings. The molecule has 11 nitrogen and oxygen atoms in total. The maximum Gasteiger partial charge on any atom is 0.368 e. The first-order chi connectivity index (χ1) is 12.4. The number of tetrazole rings is 1. The van der Waals surface area contributed by atoms with Crippen LogP contribution in [-0.4, -0.2) is 36.5 Å². The van der Waals surface area contributed by atoms with Crippen molar-refractivity contribution in [1.29, 1.82) is 0 Å². The Kier molecular flexibility index (Phi) is 4.43. The molecule has 1 aliphatic carbocycles. The highest BCUT2D eigenvalue weighted by atomic mass is 16.6. The predicted molar refractivity (Wildman–Crippen MR) is 85.6 cm³/mol.